The maximum Gasteiger partial charge on any atom is 0.305 e. The Bertz CT molecular complexity index is 1290. The summed E-state index contributed by atoms with van der Waals surface area (Å²) in [5, 5.41) is 12.0. The van der Waals surface area contributed by atoms with E-state index in [0.29, 0.717) is 11.5 Å². The average molecular weight is 502 g/mol. The Balaban J connectivity index is 1.46. The lowest BCUT2D eigenvalue weighted by molar-refractivity contribution is -0.305. The highest BCUT2D eigenvalue weighted by Gasteiger charge is 2.69. The van der Waals surface area contributed by atoms with Crippen molar-refractivity contribution >= 4 is 40.9 Å². The van der Waals surface area contributed by atoms with Crippen LogP contribution in [-0.4, -0.2) is 53.7 Å². The van der Waals surface area contributed by atoms with Crippen LogP contribution < -0.4 is 19.5 Å². The summed E-state index contributed by atoms with van der Waals surface area (Å²) >= 11 is 2.76. The third-order valence-electron chi connectivity index (χ3n) is 7.87. The molecule has 7 atom stereocenters. The van der Waals surface area contributed by atoms with E-state index >= 15 is 0 Å². The first kappa shape index (κ1) is 21.7. The Morgan fingerprint density at radius 2 is 1.82 bits per heavy atom. The normalized spacial score (nSPS) is 33.0. The first-order chi connectivity index (χ1) is 16.3. The van der Waals surface area contributed by atoms with Crippen molar-refractivity contribution in [3.63, 3.8) is 0 Å². The van der Waals surface area contributed by atoms with Crippen LogP contribution >= 0.6 is 23.1 Å². The van der Waals surface area contributed by atoms with E-state index in [4.69, 9.17) is 9.47 Å². The highest BCUT2D eigenvalue weighted by molar-refractivity contribution is 8.00. The van der Waals surface area contributed by atoms with Crippen molar-refractivity contribution in [2.24, 2.45) is 29.6 Å². The lowest BCUT2D eigenvalue weighted by Gasteiger charge is -2.43. The number of carbonyl (C=O) groups excluding carboxylic acids is 3. The number of hydrogen-bond donors (Lipinski definition) is 1. The summed E-state index contributed by atoms with van der Waals surface area (Å²) in [7, 11) is 3.14. The zero-order valence-corrected chi connectivity index (χ0v) is 19.9. The van der Waals surface area contributed by atoms with E-state index in [2.05, 4.69) is 4.98 Å². The van der Waals surface area contributed by atoms with E-state index in [1.165, 1.54) is 11.3 Å². The van der Waals surface area contributed by atoms with Crippen LogP contribution in [0.5, 0.6) is 11.5 Å². The summed E-state index contributed by atoms with van der Waals surface area (Å²) < 4.78 is 10.9. The number of amides is 2. The van der Waals surface area contributed by atoms with Gasteiger partial charge in [-0.2, -0.15) is 0 Å². The van der Waals surface area contributed by atoms with Gasteiger partial charge in [-0.05, 0) is 41.9 Å². The molecule has 2 aliphatic heterocycles. The predicted molar refractivity (Wildman–Crippen MR) is 120 cm³/mol. The molecular weight excluding hydrogens is 480 g/mol. The lowest BCUT2D eigenvalue weighted by atomic mass is 9.68. The van der Waals surface area contributed by atoms with Crippen molar-refractivity contribution in [3.8, 4) is 11.5 Å². The molecule has 178 valence electrons. The fourth-order valence-electron chi connectivity index (χ4n) is 6.78. The third-order valence-corrected chi connectivity index (χ3v) is 10.5. The molecule has 1 N–H and O–H groups in total. The number of carbonyl (C=O) groups is 3. The molecule has 11 heteroatoms. The minimum Gasteiger partial charge on any atom is -0.548 e. The molecule has 2 aliphatic carbocycles. The number of aliphatic carboxylic acids is 1. The number of H-pyrrole nitrogens is 1. The van der Waals surface area contributed by atoms with Gasteiger partial charge in [0.15, 0.2) is 11.5 Å². The Morgan fingerprint density at radius 1 is 1.12 bits per heavy atom. The quantitative estimate of drug-likeness (QED) is 0.592. The van der Waals surface area contributed by atoms with Gasteiger partial charge in [-0.1, -0.05) is 17.4 Å². The minimum atomic E-state index is -1.44. The number of imide groups is 1. The van der Waals surface area contributed by atoms with Gasteiger partial charge in [-0.15, -0.1) is 11.8 Å². The van der Waals surface area contributed by atoms with Crippen molar-refractivity contribution in [1.29, 1.82) is 0 Å². The molecule has 9 nitrogen and oxygen atoms in total. The summed E-state index contributed by atoms with van der Waals surface area (Å²) in [6.45, 7) is -0.702. The number of likely N-dealkylation sites (tertiary alicyclic amines) is 1. The summed E-state index contributed by atoms with van der Waals surface area (Å²) in [6.07, 6.45) is 0.733. The number of rotatable bonds is 5. The fourth-order valence-corrected chi connectivity index (χ4v) is 9.67. The van der Waals surface area contributed by atoms with Gasteiger partial charge in [0.25, 0.3) is 0 Å². The molecule has 1 saturated heterocycles. The van der Waals surface area contributed by atoms with Crippen LogP contribution in [0.2, 0.25) is 0 Å². The molecule has 0 radical (unpaired) electrons. The van der Waals surface area contributed by atoms with Crippen molar-refractivity contribution < 1.29 is 29.0 Å². The molecule has 6 rings (SSSR count). The van der Waals surface area contributed by atoms with E-state index in [0.717, 1.165) is 26.8 Å². The average Bonchev–Trinajstić information content (AvgIpc) is 3.54. The summed E-state index contributed by atoms with van der Waals surface area (Å²) in [5.74, 6) is -2.40. The zero-order chi connectivity index (χ0) is 23.9. The van der Waals surface area contributed by atoms with Gasteiger partial charge in [0.05, 0.1) is 43.6 Å². The number of ether oxygens (including phenoxy) is 2. The van der Waals surface area contributed by atoms with Crippen LogP contribution in [0.4, 0.5) is 0 Å². The summed E-state index contributed by atoms with van der Waals surface area (Å²) in [5.41, 5.74) is 0.955. The Hall–Kier alpha value is -2.79. The number of aromatic nitrogens is 1. The number of thioether (sulfide) groups is 1. The van der Waals surface area contributed by atoms with Gasteiger partial charge in [0, 0.05) is 16.0 Å². The summed E-state index contributed by atoms with van der Waals surface area (Å²) in [4.78, 5) is 54.4. The van der Waals surface area contributed by atoms with E-state index < -0.39 is 36.2 Å². The molecule has 3 heterocycles. The molecule has 1 aromatic heterocycles. The second-order valence-corrected chi connectivity index (χ2v) is 11.4. The first-order valence-electron chi connectivity index (χ1n) is 11.0. The van der Waals surface area contributed by atoms with E-state index in [1.54, 1.807) is 26.0 Å². The molecule has 4 aliphatic rings. The fraction of sp³-hybridized carbons (Fsp3) is 0.478. The Labute approximate surface area is 202 Å². The Kier molecular flexibility index (Phi) is 4.86. The molecule has 34 heavy (non-hydrogen) atoms. The number of fused-ring (bicyclic) bond motifs is 9. The van der Waals surface area contributed by atoms with Gasteiger partial charge in [-0.3, -0.25) is 19.3 Å². The van der Waals surface area contributed by atoms with Gasteiger partial charge < -0.3 is 24.4 Å². The van der Waals surface area contributed by atoms with Crippen LogP contribution in [0.25, 0.3) is 0 Å². The smallest absolute Gasteiger partial charge is 0.305 e. The molecule has 1 aromatic carbocycles. The van der Waals surface area contributed by atoms with Crippen molar-refractivity contribution in [3.05, 3.63) is 38.3 Å². The number of hydrogen-bond acceptors (Lipinski definition) is 9. The SMILES string of the molecule is COc1ccc(C2c3sc(=O)[nH]c3SC3C4CC(C5C(=O)N(CC(=O)[O-])C(=O)C45)C23)cc1OC. The van der Waals surface area contributed by atoms with Crippen LogP contribution in [0.3, 0.4) is 0 Å². The number of nitrogens with one attached hydrogen (secondary N) is 1. The van der Waals surface area contributed by atoms with Crippen molar-refractivity contribution in [2.45, 2.75) is 22.6 Å². The Morgan fingerprint density at radius 3 is 2.50 bits per heavy atom. The topological polar surface area (TPSA) is 129 Å². The number of aromatic amines is 1. The molecule has 2 saturated carbocycles. The van der Waals surface area contributed by atoms with E-state index in [9.17, 15) is 24.3 Å². The molecule has 7 unspecified atom stereocenters. The summed E-state index contributed by atoms with van der Waals surface area (Å²) in [6, 6.07) is 5.71. The van der Waals surface area contributed by atoms with Crippen LogP contribution in [0.15, 0.2) is 28.0 Å². The second-order valence-electron chi connectivity index (χ2n) is 9.21. The monoisotopic (exact) mass is 501 g/mol. The zero-order valence-electron chi connectivity index (χ0n) is 18.3. The lowest BCUT2D eigenvalue weighted by Crippen LogP contribution is -2.42. The number of thiazole rings is 1. The standard InChI is InChI=1S/C23H22N2O7S2/c1-31-11-4-3-8(5-12(11)32-2)14-15-9-6-10(18(15)33-20-19(14)34-23(30)24-20)17-16(9)21(28)25(22(17)29)7-13(26)27/h3-5,9-10,14-18H,6-7H2,1-2H3,(H,24,30)(H,26,27)/p-1. The van der Waals surface area contributed by atoms with Crippen molar-refractivity contribution in [2.75, 3.05) is 20.8 Å². The largest absolute Gasteiger partial charge is 0.548 e. The molecule has 0 spiro atoms. The number of carboxylic acid groups (broad SMARTS) is 1. The highest BCUT2D eigenvalue weighted by atomic mass is 32.2. The first-order valence-corrected chi connectivity index (χ1v) is 12.7. The number of carboxylic acids is 1. The van der Waals surface area contributed by atoms with Crippen LogP contribution in [0, 0.1) is 29.6 Å². The maximum atomic E-state index is 13.2. The predicted octanol–water partition coefficient (Wildman–Crippen LogP) is 0.677. The van der Waals surface area contributed by atoms with Crippen LogP contribution in [0.1, 0.15) is 22.8 Å². The number of benzene rings is 1. The minimum absolute atomic E-state index is 0.0213. The molecule has 2 bridgehead atoms. The molecule has 2 aromatic rings. The van der Waals surface area contributed by atoms with Crippen molar-refractivity contribution in [1.82, 2.24) is 9.88 Å². The van der Waals surface area contributed by atoms with E-state index in [-0.39, 0.29) is 33.8 Å². The molecule has 3 fully saturated rings. The number of nitrogens with zero attached hydrogens (tertiary/aromatic N) is 1. The van der Waals surface area contributed by atoms with Crippen LogP contribution in [-0.2, 0) is 14.4 Å². The van der Waals surface area contributed by atoms with Gasteiger partial charge >= 0.3 is 4.87 Å². The number of methoxy groups -OCH3 is 2. The molecule has 2 amide bonds. The third kappa shape index (κ3) is 2.86. The van der Waals surface area contributed by atoms with E-state index in [1.807, 2.05) is 18.2 Å². The van der Waals surface area contributed by atoms with Gasteiger partial charge in [0.1, 0.15) is 0 Å². The second kappa shape index (κ2) is 7.61. The highest BCUT2D eigenvalue weighted by Crippen LogP contribution is 2.68. The maximum absolute atomic E-state index is 13.2. The van der Waals surface area contributed by atoms with Gasteiger partial charge in [-0.25, -0.2) is 0 Å². The van der Waals surface area contributed by atoms with Gasteiger partial charge in [0.2, 0.25) is 11.8 Å². The molecular formula is C23H21N2O7S2-.